The largest absolute Gasteiger partial charge is 0.416 e. The molecule has 6 heteroatoms. The van der Waals surface area contributed by atoms with Crippen molar-refractivity contribution in [2.75, 3.05) is 0 Å². The maximum atomic E-state index is 12.8. The quantitative estimate of drug-likeness (QED) is 0.602. The molecule has 2 aromatic carbocycles. The Kier molecular flexibility index (Phi) is 3.56. The molecule has 0 saturated carbocycles. The topological polar surface area (TPSA) is 32.9 Å². The van der Waals surface area contributed by atoms with Gasteiger partial charge in [-0.3, -0.25) is 4.79 Å². The molecule has 22 heavy (non-hydrogen) atoms. The van der Waals surface area contributed by atoms with E-state index in [-0.39, 0.29) is 0 Å². The second-order valence-corrected chi connectivity index (χ2v) is 5.63. The lowest BCUT2D eigenvalue weighted by molar-refractivity contribution is -0.137. The van der Waals surface area contributed by atoms with Crippen molar-refractivity contribution in [3.63, 3.8) is 0 Å². The number of nitrogens with one attached hydrogen (secondary N) is 1. The van der Waals surface area contributed by atoms with Crippen molar-refractivity contribution in [2.24, 2.45) is 0 Å². The van der Waals surface area contributed by atoms with Crippen LogP contribution in [0.1, 0.15) is 15.9 Å². The van der Waals surface area contributed by atoms with Gasteiger partial charge in [0.05, 0.1) is 16.8 Å². The first-order chi connectivity index (χ1) is 10.4. The normalized spacial score (nSPS) is 11.8. The van der Waals surface area contributed by atoms with E-state index in [1.54, 1.807) is 24.3 Å². The van der Waals surface area contributed by atoms with Gasteiger partial charge >= 0.3 is 6.18 Å². The summed E-state index contributed by atoms with van der Waals surface area (Å²) in [7, 11) is 0. The summed E-state index contributed by atoms with van der Waals surface area (Å²) in [6.07, 6.45) is -3.77. The molecular weight excluding hydrogens is 359 g/mol. The molecule has 0 bridgehead atoms. The molecule has 2 nitrogen and oxygen atoms in total. The van der Waals surface area contributed by atoms with E-state index in [4.69, 9.17) is 0 Å². The van der Waals surface area contributed by atoms with Crippen LogP contribution in [-0.4, -0.2) is 11.3 Å². The predicted molar refractivity (Wildman–Crippen MR) is 81.8 cm³/mol. The van der Waals surface area contributed by atoms with Gasteiger partial charge in [0.25, 0.3) is 0 Å². The van der Waals surface area contributed by atoms with Gasteiger partial charge in [0.15, 0.2) is 6.29 Å². The maximum Gasteiger partial charge on any atom is 0.416 e. The van der Waals surface area contributed by atoms with Crippen molar-refractivity contribution in [3.8, 4) is 11.3 Å². The number of fused-ring (bicyclic) bond motifs is 1. The number of hydrogen-bond acceptors (Lipinski definition) is 1. The Bertz CT molecular complexity index is 867. The van der Waals surface area contributed by atoms with Gasteiger partial charge in [-0.2, -0.15) is 13.2 Å². The number of halogens is 4. The van der Waals surface area contributed by atoms with Gasteiger partial charge < -0.3 is 4.98 Å². The average molecular weight is 368 g/mol. The number of para-hydroxylation sites is 1. The first-order valence-electron chi connectivity index (χ1n) is 6.35. The lowest BCUT2D eigenvalue weighted by Gasteiger charge is -2.08. The SMILES string of the molecule is O=Cc1c(-c2cccc(C(F)(F)F)c2)[nH]c2c(Br)cccc12. The summed E-state index contributed by atoms with van der Waals surface area (Å²) in [4.78, 5) is 14.4. The summed E-state index contributed by atoms with van der Waals surface area (Å²) in [6.45, 7) is 0. The van der Waals surface area contributed by atoms with Gasteiger partial charge in [0, 0.05) is 15.4 Å². The molecule has 0 saturated heterocycles. The zero-order chi connectivity index (χ0) is 15.9. The van der Waals surface area contributed by atoms with Gasteiger partial charge in [0.1, 0.15) is 0 Å². The van der Waals surface area contributed by atoms with Crippen molar-refractivity contribution in [1.29, 1.82) is 0 Å². The number of aromatic amines is 1. The lowest BCUT2D eigenvalue weighted by Crippen LogP contribution is -2.04. The molecule has 1 N–H and O–H groups in total. The molecule has 3 aromatic rings. The predicted octanol–water partition coefficient (Wildman–Crippen LogP) is 5.43. The van der Waals surface area contributed by atoms with Crippen molar-refractivity contribution in [3.05, 3.63) is 58.1 Å². The fourth-order valence-electron chi connectivity index (χ4n) is 2.40. The van der Waals surface area contributed by atoms with E-state index in [0.29, 0.717) is 34.0 Å². The fourth-order valence-corrected chi connectivity index (χ4v) is 2.87. The monoisotopic (exact) mass is 367 g/mol. The molecule has 0 aliphatic rings. The molecule has 1 aromatic heterocycles. The number of H-pyrrole nitrogens is 1. The molecule has 0 atom stereocenters. The number of carbonyl (C=O) groups excluding carboxylic acids is 1. The van der Waals surface area contributed by atoms with Gasteiger partial charge in [-0.25, -0.2) is 0 Å². The van der Waals surface area contributed by atoms with Gasteiger partial charge in [0.2, 0.25) is 0 Å². The summed E-state index contributed by atoms with van der Waals surface area (Å²) < 4.78 is 39.3. The number of aromatic nitrogens is 1. The Balaban J connectivity index is 2.27. The van der Waals surface area contributed by atoms with Crippen LogP contribution in [-0.2, 0) is 6.18 Å². The Morgan fingerprint density at radius 3 is 2.50 bits per heavy atom. The minimum atomic E-state index is -4.43. The highest BCUT2D eigenvalue weighted by atomic mass is 79.9. The van der Waals surface area contributed by atoms with E-state index < -0.39 is 11.7 Å². The molecule has 1 heterocycles. The van der Waals surface area contributed by atoms with E-state index in [0.717, 1.165) is 16.6 Å². The number of benzene rings is 2. The van der Waals surface area contributed by atoms with E-state index in [9.17, 15) is 18.0 Å². The third kappa shape index (κ3) is 2.43. The highest BCUT2D eigenvalue weighted by molar-refractivity contribution is 9.10. The van der Waals surface area contributed by atoms with Crippen molar-refractivity contribution >= 4 is 33.1 Å². The molecule has 0 fully saturated rings. The number of hydrogen-bond donors (Lipinski definition) is 1. The highest BCUT2D eigenvalue weighted by Crippen LogP contribution is 2.36. The molecule has 0 radical (unpaired) electrons. The van der Waals surface area contributed by atoms with Crippen LogP contribution in [0.3, 0.4) is 0 Å². The number of aldehydes is 1. The minimum Gasteiger partial charge on any atom is -0.353 e. The number of carbonyl (C=O) groups is 1. The van der Waals surface area contributed by atoms with Crippen molar-refractivity contribution in [1.82, 2.24) is 4.98 Å². The molecule has 112 valence electrons. The fraction of sp³-hybridized carbons (Fsp3) is 0.0625. The Labute approximate surface area is 132 Å². The van der Waals surface area contributed by atoms with Crippen LogP contribution < -0.4 is 0 Å². The molecule has 0 amide bonds. The van der Waals surface area contributed by atoms with Gasteiger partial charge in [-0.1, -0.05) is 24.3 Å². The smallest absolute Gasteiger partial charge is 0.353 e. The minimum absolute atomic E-state index is 0.319. The van der Waals surface area contributed by atoms with Crippen LogP contribution in [0.25, 0.3) is 22.2 Å². The third-order valence-electron chi connectivity index (χ3n) is 3.42. The van der Waals surface area contributed by atoms with E-state index in [1.165, 1.54) is 6.07 Å². The lowest BCUT2D eigenvalue weighted by atomic mass is 10.0. The van der Waals surface area contributed by atoms with Gasteiger partial charge in [-0.15, -0.1) is 0 Å². The highest BCUT2D eigenvalue weighted by Gasteiger charge is 2.30. The first-order valence-corrected chi connectivity index (χ1v) is 7.14. The second-order valence-electron chi connectivity index (χ2n) is 4.77. The van der Waals surface area contributed by atoms with Crippen LogP contribution in [0.4, 0.5) is 13.2 Å². The number of rotatable bonds is 2. The third-order valence-corrected chi connectivity index (χ3v) is 4.08. The Morgan fingerprint density at radius 1 is 1.09 bits per heavy atom. The van der Waals surface area contributed by atoms with Crippen molar-refractivity contribution < 1.29 is 18.0 Å². The van der Waals surface area contributed by atoms with Crippen LogP contribution >= 0.6 is 15.9 Å². The summed E-state index contributed by atoms with van der Waals surface area (Å²) in [6, 6.07) is 10.2. The Morgan fingerprint density at radius 2 is 1.82 bits per heavy atom. The summed E-state index contributed by atoms with van der Waals surface area (Å²) in [5.41, 5.74) is 0.968. The zero-order valence-electron chi connectivity index (χ0n) is 11.0. The van der Waals surface area contributed by atoms with Crippen LogP contribution in [0.15, 0.2) is 46.9 Å². The molecular formula is C16H9BrF3NO. The Hall–Kier alpha value is -2.08. The molecule has 0 unspecified atom stereocenters. The van der Waals surface area contributed by atoms with E-state index in [2.05, 4.69) is 20.9 Å². The summed E-state index contributed by atoms with van der Waals surface area (Å²) in [5, 5.41) is 0.664. The summed E-state index contributed by atoms with van der Waals surface area (Å²) in [5.74, 6) is 0. The molecule has 0 aliphatic heterocycles. The summed E-state index contributed by atoms with van der Waals surface area (Å²) >= 11 is 3.37. The number of alkyl halides is 3. The second kappa shape index (κ2) is 5.28. The van der Waals surface area contributed by atoms with Gasteiger partial charge in [-0.05, 0) is 39.7 Å². The maximum absolute atomic E-state index is 12.8. The molecule has 0 spiro atoms. The van der Waals surface area contributed by atoms with E-state index in [1.807, 2.05) is 0 Å². The van der Waals surface area contributed by atoms with Crippen LogP contribution in [0.2, 0.25) is 0 Å². The standard InChI is InChI=1S/C16H9BrF3NO/c17-13-6-2-5-11-12(8-22)14(21-15(11)13)9-3-1-4-10(7-9)16(18,19)20/h1-8,21H. The van der Waals surface area contributed by atoms with Crippen molar-refractivity contribution in [2.45, 2.75) is 6.18 Å². The zero-order valence-corrected chi connectivity index (χ0v) is 12.6. The molecule has 0 aliphatic carbocycles. The average Bonchev–Trinajstić information content (AvgIpc) is 2.86. The van der Waals surface area contributed by atoms with Crippen LogP contribution in [0, 0.1) is 0 Å². The first kappa shape index (κ1) is 14.8. The van der Waals surface area contributed by atoms with Crippen LogP contribution in [0.5, 0.6) is 0 Å². The molecule has 3 rings (SSSR count). The van der Waals surface area contributed by atoms with E-state index >= 15 is 0 Å².